The van der Waals surface area contributed by atoms with Gasteiger partial charge in [-0.25, -0.2) is 4.98 Å². The summed E-state index contributed by atoms with van der Waals surface area (Å²) in [7, 11) is 2.23. The van der Waals surface area contributed by atoms with Crippen LogP contribution in [-0.2, 0) is 13.0 Å². The number of hydrogen-bond acceptors (Lipinski definition) is 4. The van der Waals surface area contributed by atoms with E-state index in [2.05, 4.69) is 24.3 Å². The molecule has 0 spiro atoms. The van der Waals surface area contributed by atoms with Crippen molar-refractivity contribution >= 4 is 11.3 Å². The number of aromatic nitrogens is 1. The minimum absolute atomic E-state index is 0.648. The van der Waals surface area contributed by atoms with Gasteiger partial charge in [0.1, 0.15) is 0 Å². The molecular formula is C15H27N3S. The van der Waals surface area contributed by atoms with E-state index in [4.69, 9.17) is 10.7 Å². The molecule has 1 aromatic rings. The molecule has 0 aromatic carbocycles. The molecule has 0 amide bonds. The summed E-state index contributed by atoms with van der Waals surface area (Å²) in [4.78, 5) is 7.20. The van der Waals surface area contributed by atoms with Crippen molar-refractivity contribution < 1.29 is 0 Å². The van der Waals surface area contributed by atoms with Crippen LogP contribution in [0.2, 0.25) is 0 Å². The third kappa shape index (κ3) is 4.01. The zero-order valence-electron chi connectivity index (χ0n) is 12.3. The molecule has 3 nitrogen and oxygen atoms in total. The Kier molecular flexibility index (Phi) is 5.79. The maximum absolute atomic E-state index is 5.93. The topological polar surface area (TPSA) is 42.2 Å². The van der Waals surface area contributed by atoms with E-state index >= 15 is 0 Å². The van der Waals surface area contributed by atoms with Gasteiger partial charge in [0.2, 0.25) is 0 Å². The standard InChI is InChI=1S/C15H27N3S/c1-3-6-15-17-13(11-19-15)10-18(2)14-8-5-4-7-12(14)9-16/h11-12,14H,3-10,16H2,1-2H3. The highest BCUT2D eigenvalue weighted by Gasteiger charge is 2.27. The molecule has 1 heterocycles. The van der Waals surface area contributed by atoms with Gasteiger partial charge < -0.3 is 5.73 Å². The van der Waals surface area contributed by atoms with Gasteiger partial charge >= 0.3 is 0 Å². The maximum Gasteiger partial charge on any atom is 0.0928 e. The number of rotatable bonds is 6. The Morgan fingerprint density at radius 3 is 2.95 bits per heavy atom. The summed E-state index contributed by atoms with van der Waals surface area (Å²) in [5.74, 6) is 0.674. The fourth-order valence-electron chi connectivity index (χ4n) is 3.17. The largest absolute Gasteiger partial charge is 0.330 e. The van der Waals surface area contributed by atoms with Gasteiger partial charge in [-0.05, 0) is 45.2 Å². The first-order valence-electron chi connectivity index (χ1n) is 7.58. The number of hydrogen-bond donors (Lipinski definition) is 1. The van der Waals surface area contributed by atoms with Crippen molar-refractivity contribution in [2.45, 2.75) is 58.0 Å². The van der Waals surface area contributed by atoms with Crippen molar-refractivity contribution in [3.05, 3.63) is 16.1 Å². The molecule has 0 bridgehead atoms. The summed E-state index contributed by atoms with van der Waals surface area (Å²) in [5, 5.41) is 3.51. The van der Waals surface area contributed by atoms with E-state index in [9.17, 15) is 0 Å². The van der Waals surface area contributed by atoms with Crippen LogP contribution in [0.1, 0.15) is 49.7 Å². The average molecular weight is 281 g/mol. The third-order valence-corrected chi connectivity index (χ3v) is 5.17. The molecule has 2 unspecified atom stereocenters. The predicted molar refractivity (Wildman–Crippen MR) is 82.4 cm³/mol. The SMILES string of the molecule is CCCc1nc(CN(C)C2CCCCC2CN)cs1. The van der Waals surface area contributed by atoms with E-state index in [0.29, 0.717) is 12.0 Å². The quantitative estimate of drug-likeness (QED) is 0.871. The van der Waals surface area contributed by atoms with Gasteiger partial charge in [-0.2, -0.15) is 0 Å². The predicted octanol–water partition coefficient (Wildman–Crippen LogP) is 3.04. The zero-order valence-corrected chi connectivity index (χ0v) is 13.1. The molecule has 19 heavy (non-hydrogen) atoms. The monoisotopic (exact) mass is 281 g/mol. The Bertz CT molecular complexity index is 377. The lowest BCUT2D eigenvalue weighted by molar-refractivity contribution is 0.126. The number of thiazole rings is 1. The highest BCUT2D eigenvalue weighted by Crippen LogP contribution is 2.28. The second kappa shape index (κ2) is 7.36. The molecule has 2 N–H and O–H groups in total. The first-order chi connectivity index (χ1) is 9.24. The number of nitrogens with two attached hydrogens (primary N) is 1. The highest BCUT2D eigenvalue weighted by atomic mass is 32.1. The molecule has 2 rings (SSSR count). The summed E-state index contributed by atoms with van der Waals surface area (Å²) in [6, 6.07) is 0.648. The molecule has 1 aromatic heterocycles. The molecule has 1 aliphatic rings. The second-order valence-electron chi connectivity index (χ2n) is 5.75. The van der Waals surface area contributed by atoms with Crippen LogP contribution >= 0.6 is 11.3 Å². The van der Waals surface area contributed by atoms with E-state index in [1.54, 1.807) is 11.3 Å². The minimum Gasteiger partial charge on any atom is -0.330 e. The molecule has 2 atom stereocenters. The van der Waals surface area contributed by atoms with Crippen molar-refractivity contribution in [1.82, 2.24) is 9.88 Å². The summed E-state index contributed by atoms with van der Waals surface area (Å²) in [5.41, 5.74) is 7.16. The lowest BCUT2D eigenvalue weighted by Gasteiger charge is -2.37. The summed E-state index contributed by atoms with van der Waals surface area (Å²) in [6.45, 7) is 4.01. The summed E-state index contributed by atoms with van der Waals surface area (Å²) in [6.07, 6.45) is 7.59. The Balaban J connectivity index is 1.92. The molecular weight excluding hydrogens is 254 g/mol. The Labute approximate surface area is 121 Å². The van der Waals surface area contributed by atoms with Crippen molar-refractivity contribution in [3.63, 3.8) is 0 Å². The lowest BCUT2D eigenvalue weighted by Crippen LogP contribution is -2.42. The minimum atomic E-state index is 0.648. The van der Waals surface area contributed by atoms with Crippen LogP contribution in [0.3, 0.4) is 0 Å². The molecule has 4 heteroatoms. The Morgan fingerprint density at radius 1 is 1.42 bits per heavy atom. The molecule has 1 fully saturated rings. The van der Waals surface area contributed by atoms with Gasteiger partial charge in [0, 0.05) is 18.0 Å². The van der Waals surface area contributed by atoms with Gasteiger partial charge in [-0.15, -0.1) is 11.3 Å². The smallest absolute Gasteiger partial charge is 0.0928 e. The normalized spacial score (nSPS) is 24.0. The summed E-state index contributed by atoms with van der Waals surface area (Å²) >= 11 is 1.81. The molecule has 1 aliphatic carbocycles. The molecule has 0 saturated heterocycles. The van der Waals surface area contributed by atoms with Crippen molar-refractivity contribution in [3.8, 4) is 0 Å². The van der Waals surface area contributed by atoms with E-state index in [-0.39, 0.29) is 0 Å². The first-order valence-corrected chi connectivity index (χ1v) is 8.46. The van der Waals surface area contributed by atoms with Gasteiger partial charge in [0.15, 0.2) is 0 Å². The fourth-order valence-corrected chi connectivity index (χ4v) is 4.06. The van der Waals surface area contributed by atoms with Gasteiger partial charge in [-0.3, -0.25) is 4.90 Å². The Morgan fingerprint density at radius 2 is 2.21 bits per heavy atom. The number of nitrogens with zero attached hydrogens (tertiary/aromatic N) is 2. The first kappa shape index (κ1) is 14.9. The van der Waals surface area contributed by atoms with Crippen LogP contribution in [0.4, 0.5) is 0 Å². The van der Waals surface area contributed by atoms with E-state index in [0.717, 1.165) is 19.5 Å². The molecule has 0 aliphatic heterocycles. The Hall–Kier alpha value is -0.450. The van der Waals surface area contributed by atoms with Gasteiger partial charge in [0.05, 0.1) is 10.7 Å². The van der Waals surface area contributed by atoms with Crippen LogP contribution < -0.4 is 5.73 Å². The van der Waals surface area contributed by atoms with E-state index < -0.39 is 0 Å². The molecule has 0 radical (unpaired) electrons. The zero-order chi connectivity index (χ0) is 13.7. The van der Waals surface area contributed by atoms with Crippen LogP contribution in [0.15, 0.2) is 5.38 Å². The van der Waals surface area contributed by atoms with Crippen molar-refractivity contribution in [2.24, 2.45) is 11.7 Å². The van der Waals surface area contributed by atoms with Crippen molar-refractivity contribution in [2.75, 3.05) is 13.6 Å². The van der Waals surface area contributed by atoms with Gasteiger partial charge in [-0.1, -0.05) is 19.8 Å². The molecule has 108 valence electrons. The lowest BCUT2D eigenvalue weighted by atomic mass is 9.83. The molecule has 1 saturated carbocycles. The maximum atomic E-state index is 5.93. The van der Waals surface area contributed by atoms with Crippen LogP contribution in [0.25, 0.3) is 0 Å². The van der Waals surface area contributed by atoms with Crippen LogP contribution in [0, 0.1) is 5.92 Å². The van der Waals surface area contributed by atoms with Gasteiger partial charge in [0.25, 0.3) is 0 Å². The number of aryl methyl sites for hydroxylation is 1. The van der Waals surface area contributed by atoms with E-state index in [1.165, 1.54) is 42.8 Å². The van der Waals surface area contributed by atoms with Crippen LogP contribution in [-0.4, -0.2) is 29.5 Å². The van der Waals surface area contributed by atoms with E-state index in [1.807, 2.05) is 0 Å². The highest BCUT2D eigenvalue weighted by molar-refractivity contribution is 7.09. The van der Waals surface area contributed by atoms with Crippen molar-refractivity contribution in [1.29, 1.82) is 0 Å². The summed E-state index contributed by atoms with van der Waals surface area (Å²) < 4.78 is 0. The fraction of sp³-hybridized carbons (Fsp3) is 0.800. The third-order valence-electron chi connectivity index (χ3n) is 4.21. The van der Waals surface area contributed by atoms with Crippen LogP contribution in [0.5, 0.6) is 0 Å². The second-order valence-corrected chi connectivity index (χ2v) is 6.69. The average Bonchev–Trinajstić information content (AvgIpc) is 2.86.